The van der Waals surface area contributed by atoms with Crippen LogP contribution in [0.4, 0.5) is 0 Å². The van der Waals surface area contributed by atoms with E-state index in [0.717, 1.165) is 16.7 Å². The van der Waals surface area contributed by atoms with Crippen LogP contribution < -0.4 is 0 Å². The Morgan fingerprint density at radius 1 is 1.23 bits per heavy atom. The van der Waals surface area contributed by atoms with Crippen LogP contribution in [0.2, 0.25) is 0 Å². The average Bonchev–Trinajstić information content (AvgIpc) is 2.30. The maximum atomic E-state index is 11.4. The lowest BCUT2D eigenvalue weighted by molar-refractivity contribution is -0.135. The lowest BCUT2D eigenvalue weighted by Gasteiger charge is -2.06. The second kappa shape index (κ2) is 3.36. The lowest BCUT2D eigenvalue weighted by atomic mass is 10.00. The summed E-state index contributed by atoms with van der Waals surface area (Å²) in [5.41, 5.74) is 4.25. The van der Waals surface area contributed by atoms with Crippen molar-refractivity contribution in [2.24, 2.45) is 5.92 Å². The fourth-order valence-corrected chi connectivity index (χ4v) is 1.78. The predicted molar refractivity (Wildman–Crippen MR) is 52.3 cm³/mol. The summed E-state index contributed by atoms with van der Waals surface area (Å²) < 4.78 is 4.74. The topological polar surface area (TPSA) is 26.3 Å². The molecule has 0 aromatic rings. The first kappa shape index (κ1) is 10.0. The van der Waals surface area contributed by atoms with Gasteiger partial charge < -0.3 is 4.74 Å². The minimum absolute atomic E-state index is 0.210. The van der Waals surface area contributed by atoms with Crippen LogP contribution in [-0.2, 0) is 9.53 Å². The number of esters is 1. The summed E-state index contributed by atoms with van der Waals surface area (Å²) in [5.74, 6) is 0.174. The van der Waals surface area contributed by atoms with Gasteiger partial charge in [0.1, 0.15) is 0 Å². The third-order valence-electron chi connectivity index (χ3n) is 3.05. The Kier molecular flexibility index (Phi) is 2.60. The lowest BCUT2D eigenvalue weighted by Crippen LogP contribution is -2.06. The van der Waals surface area contributed by atoms with E-state index in [0.29, 0.717) is 5.92 Å². The Balaban J connectivity index is 3.15. The summed E-state index contributed by atoms with van der Waals surface area (Å²) in [6.07, 6.45) is 0. The van der Waals surface area contributed by atoms with E-state index < -0.39 is 0 Å². The molecule has 1 aliphatic carbocycles. The second-order valence-corrected chi connectivity index (χ2v) is 3.58. The van der Waals surface area contributed by atoms with Crippen LogP contribution in [0, 0.1) is 5.92 Å². The van der Waals surface area contributed by atoms with E-state index >= 15 is 0 Å². The molecular formula is C11H16O2. The second-order valence-electron chi connectivity index (χ2n) is 3.58. The Hall–Kier alpha value is -1.05. The molecule has 0 amide bonds. The van der Waals surface area contributed by atoms with Gasteiger partial charge in [-0.15, -0.1) is 0 Å². The molecule has 1 aliphatic rings. The van der Waals surface area contributed by atoms with Crippen molar-refractivity contribution in [3.63, 3.8) is 0 Å². The Labute approximate surface area is 79.3 Å². The third kappa shape index (κ3) is 1.41. The van der Waals surface area contributed by atoms with Crippen LogP contribution in [-0.4, -0.2) is 13.1 Å². The van der Waals surface area contributed by atoms with Gasteiger partial charge in [0.25, 0.3) is 0 Å². The number of hydrogen-bond donors (Lipinski definition) is 0. The smallest absolute Gasteiger partial charge is 0.338 e. The minimum atomic E-state index is -0.210. The molecule has 1 atom stereocenters. The monoisotopic (exact) mass is 180 g/mol. The third-order valence-corrected chi connectivity index (χ3v) is 3.05. The van der Waals surface area contributed by atoms with E-state index in [-0.39, 0.29) is 5.97 Å². The van der Waals surface area contributed by atoms with Crippen molar-refractivity contribution < 1.29 is 9.53 Å². The molecule has 1 rings (SSSR count). The van der Waals surface area contributed by atoms with Gasteiger partial charge in [0.2, 0.25) is 0 Å². The molecule has 2 nitrogen and oxygen atoms in total. The number of carbonyl (C=O) groups excluding carboxylic acids is 1. The van der Waals surface area contributed by atoms with Crippen molar-refractivity contribution in [1.82, 2.24) is 0 Å². The zero-order chi connectivity index (χ0) is 10.2. The standard InChI is InChI=1S/C11H16O2/c1-6-7(2)9(4)10(8(6)3)11(12)13-5/h6H,1-5H3. The summed E-state index contributed by atoms with van der Waals surface area (Å²) in [6.45, 7) is 8.16. The van der Waals surface area contributed by atoms with Crippen molar-refractivity contribution >= 4 is 5.97 Å². The molecule has 0 bridgehead atoms. The van der Waals surface area contributed by atoms with Crippen molar-refractivity contribution in [2.75, 3.05) is 7.11 Å². The van der Waals surface area contributed by atoms with Crippen LogP contribution in [0.15, 0.2) is 22.3 Å². The quantitative estimate of drug-likeness (QED) is 0.579. The fourth-order valence-electron chi connectivity index (χ4n) is 1.78. The highest BCUT2D eigenvalue weighted by atomic mass is 16.5. The van der Waals surface area contributed by atoms with E-state index in [1.54, 1.807) is 0 Å². The summed E-state index contributed by atoms with van der Waals surface area (Å²) in [6, 6.07) is 0. The number of ether oxygens (including phenoxy) is 1. The first-order valence-corrected chi connectivity index (χ1v) is 4.47. The summed E-state index contributed by atoms with van der Waals surface area (Å²) in [7, 11) is 1.42. The molecule has 0 heterocycles. The van der Waals surface area contributed by atoms with Gasteiger partial charge >= 0.3 is 5.97 Å². The zero-order valence-electron chi connectivity index (χ0n) is 8.89. The van der Waals surface area contributed by atoms with Crippen LogP contribution in [0.5, 0.6) is 0 Å². The molecule has 0 radical (unpaired) electrons. The maximum Gasteiger partial charge on any atom is 0.338 e. The van der Waals surface area contributed by atoms with Gasteiger partial charge in [-0.2, -0.15) is 0 Å². The Morgan fingerprint density at radius 2 is 1.77 bits per heavy atom. The van der Waals surface area contributed by atoms with Crippen molar-refractivity contribution in [2.45, 2.75) is 27.7 Å². The fraction of sp³-hybridized carbons (Fsp3) is 0.545. The molecule has 0 saturated carbocycles. The van der Waals surface area contributed by atoms with Gasteiger partial charge in [-0.05, 0) is 32.3 Å². The number of methoxy groups -OCH3 is 1. The van der Waals surface area contributed by atoms with E-state index in [1.165, 1.54) is 12.7 Å². The molecule has 0 fully saturated rings. The van der Waals surface area contributed by atoms with E-state index in [4.69, 9.17) is 4.74 Å². The molecular weight excluding hydrogens is 164 g/mol. The van der Waals surface area contributed by atoms with Crippen molar-refractivity contribution in [1.29, 1.82) is 0 Å². The van der Waals surface area contributed by atoms with Gasteiger partial charge in [-0.3, -0.25) is 0 Å². The van der Waals surface area contributed by atoms with E-state index in [9.17, 15) is 4.79 Å². The van der Waals surface area contributed by atoms with Gasteiger partial charge in [-0.1, -0.05) is 18.1 Å². The van der Waals surface area contributed by atoms with E-state index in [1.807, 2.05) is 13.8 Å². The predicted octanol–water partition coefficient (Wildman–Crippen LogP) is 2.46. The van der Waals surface area contributed by atoms with Crippen molar-refractivity contribution in [3.8, 4) is 0 Å². The van der Waals surface area contributed by atoms with Gasteiger partial charge in [0, 0.05) is 0 Å². The molecule has 2 heteroatoms. The molecule has 0 aromatic carbocycles. The van der Waals surface area contributed by atoms with Crippen molar-refractivity contribution in [3.05, 3.63) is 22.3 Å². The molecule has 0 aliphatic heterocycles. The van der Waals surface area contributed by atoms with Gasteiger partial charge in [0.05, 0.1) is 12.7 Å². The summed E-state index contributed by atoms with van der Waals surface area (Å²) in [4.78, 5) is 11.4. The molecule has 1 unspecified atom stereocenters. The molecule has 13 heavy (non-hydrogen) atoms. The van der Waals surface area contributed by atoms with Crippen LogP contribution >= 0.6 is 0 Å². The normalized spacial score (nSPS) is 22.7. The minimum Gasteiger partial charge on any atom is -0.465 e. The van der Waals surface area contributed by atoms with Crippen LogP contribution in [0.3, 0.4) is 0 Å². The number of rotatable bonds is 1. The average molecular weight is 180 g/mol. The van der Waals surface area contributed by atoms with Crippen LogP contribution in [0.1, 0.15) is 27.7 Å². The summed E-state index contributed by atoms with van der Waals surface area (Å²) >= 11 is 0. The molecule has 0 aromatic heterocycles. The van der Waals surface area contributed by atoms with Crippen LogP contribution in [0.25, 0.3) is 0 Å². The molecule has 0 spiro atoms. The first-order valence-electron chi connectivity index (χ1n) is 4.47. The molecule has 0 saturated heterocycles. The Morgan fingerprint density at radius 3 is 2.08 bits per heavy atom. The number of allylic oxidation sites excluding steroid dienone is 2. The van der Waals surface area contributed by atoms with Gasteiger partial charge in [0.15, 0.2) is 0 Å². The first-order chi connectivity index (χ1) is 6.00. The highest BCUT2D eigenvalue weighted by Gasteiger charge is 2.27. The SMILES string of the molecule is COC(=O)C1=C(C)C(C)C(C)=C1C. The Bertz CT molecular complexity index is 308. The van der Waals surface area contributed by atoms with E-state index in [2.05, 4.69) is 13.8 Å². The largest absolute Gasteiger partial charge is 0.465 e. The summed E-state index contributed by atoms with van der Waals surface area (Å²) in [5, 5.41) is 0. The highest BCUT2D eigenvalue weighted by Crippen LogP contribution is 2.36. The zero-order valence-corrected chi connectivity index (χ0v) is 8.89. The number of hydrogen-bond acceptors (Lipinski definition) is 2. The highest BCUT2D eigenvalue weighted by molar-refractivity contribution is 5.95. The van der Waals surface area contributed by atoms with Gasteiger partial charge in [-0.25, -0.2) is 4.79 Å². The maximum absolute atomic E-state index is 11.4. The molecule has 72 valence electrons. The number of carbonyl (C=O) groups is 1. The molecule has 0 N–H and O–H groups in total.